The maximum absolute atomic E-state index is 13.5. The van der Waals surface area contributed by atoms with Crippen LogP contribution in [0.15, 0.2) is 60.7 Å². The van der Waals surface area contributed by atoms with Gasteiger partial charge in [-0.15, -0.1) is 0 Å². The molecule has 6 atom stereocenters. The minimum absolute atomic E-state index is 0.134. The number of piperidine rings is 1. The number of hydrogen-bond acceptors (Lipinski definition) is 7. The third-order valence-electron chi connectivity index (χ3n) is 8.85. The third-order valence-corrected chi connectivity index (χ3v) is 8.85. The zero-order valence-corrected chi connectivity index (χ0v) is 25.1. The van der Waals surface area contributed by atoms with E-state index < -0.39 is 29.9 Å². The van der Waals surface area contributed by atoms with Gasteiger partial charge in [-0.25, -0.2) is 0 Å². The van der Waals surface area contributed by atoms with Gasteiger partial charge in [0.15, 0.2) is 5.78 Å². The van der Waals surface area contributed by atoms with Gasteiger partial charge < -0.3 is 31.2 Å². The molecule has 0 spiro atoms. The molecule has 232 valence electrons. The van der Waals surface area contributed by atoms with Crippen molar-refractivity contribution >= 4 is 23.9 Å². The van der Waals surface area contributed by atoms with Crippen molar-refractivity contribution < 1.29 is 23.9 Å². The number of carbonyl (C=O) groups is 4. The van der Waals surface area contributed by atoms with Gasteiger partial charge >= 0.3 is 0 Å². The van der Waals surface area contributed by atoms with Crippen molar-refractivity contribution in [3.05, 3.63) is 71.8 Å². The summed E-state index contributed by atoms with van der Waals surface area (Å²) in [5.74, 6) is -0.565. The molecule has 0 aliphatic carbocycles. The first-order valence-electron chi connectivity index (χ1n) is 15.6. The molecule has 5 N–H and O–H groups in total. The Morgan fingerprint density at radius 3 is 2.19 bits per heavy atom. The Hall–Kier alpha value is -3.40. The van der Waals surface area contributed by atoms with Gasteiger partial charge in [0, 0.05) is 18.4 Å². The Kier molecular flexibility index (Phi) is 12.0. The molecule has 2 fully saturated rings. The summed E-state index contributed by atoms with van der Waals surface area (Å²) in [5, 5.41) is 9.37. The Bertz CT molecular complexity index is 1200. The monoisotopic (exact) mass is 590 g/mol. The third kappa shape index (κ3) is 10.1. The van der Waals surface area contributed by atoms with Crippen LogP contribution < -0.4 is 21.7 Å². The van der Waals surface area contributed by atoms with E-state index in [9.17, 15) is 19.2 Å². The molecule has 2 aliphatic heterocycles. The average Bonchev–Trinajstić information content (AvgIpc) is 3.87. The van der Waals surface area contributed by atoms with Gasteiger partial charge in [-0.05, 0) is 69.0 Å². The van der Waals surface area contributed by atoms with Crippen LogP contribution in [0, 0.1) is 5.92 Å². The maximum atomic E-state index is 13.5. The first-order chi connectivity index (χ1) is 20.8. The highest BCUT2D eigenvalue weighted by Crippen LogP contribution is 2.34. The molecule has 2 aliphatic rings. The predicted octanol–water partition coefficient (Wildman–Crippen LogP) is 2.64. The fraction of sp³-hybridized carbons (Fsp3) is 0.529. The van der Waals surface area contributed by atoms with Crippen molar-refractivity contribution in [1.82, 2.24) is 16.0 Å². The van der Waals surface area contributed by atoms with E-state index in [4.69, 9.17) is 10.5 Å². The number of nitrogens with two attached hydrogens (primary N) is 1. The summed E-state index contributed by atoms with van der Waals surface area (Å²) in [4.78, 5) is 51.2. The number of rotatable bonds is 17. The number of amides is 2. The number of Topliss-reactive ketones (excluding diaryl/α,β-unsaturated/α-hetero) is 1. The lowest BCUT2D eigenvalue weighted by atomic mass is 9.74. The highest BCUT2D eigenvalue weighted by atomic mass is 16.6. The van der Waals surface area contributed by atoms with E-state index in [0.29, 0.717) is 38.7 Å². The van der Waals surface area contributed by atoms with E-state index in [1.54, 1.807) is 0 Å². The largest absolute Gasteiger partial charge is 0.365 e. The van der Waals surface area contributed by atoms with E-state index in [0.717, 1.165) is 43.2 Å². The van der Waals surface area contributed by atoms with E-state index in [1.165, 1.54) is 0 Å². The number of nitrogens with one attached hydrogen (secondary N) is 3. The van der Waals surface area contributed by atoms with Gasteiger partial charge in [0.25, 0.3) is 0 Å². The molecule has 9 nitrogen and oxygen atoms in total. The van der Waals surface area contributed by atoms with Gasteiger partial charge in [0.05, 0.1) is 18.7 Å². The standard InChI is InChI=1S/C34H46N4O5/c1-34(18-8-9-19-36-34)26(15-17-30(40)31-23-43-31)14-16-27(22-39)37-33(42)29(21-25-12-6-3-7-13-25)38-32(41)28(35)20-24-10-4-2-5-11-24/h2-7,10-13,22,26-29,31,36H,8-9,14-21,23,35H2,1H3,(H,37,42)(H,38,41)/t26?,27?,28-,29-,31?,34?/m0/s1. The van der Waals surface area contributed by atoms with Crippen LogP contribution in [0.4, 0.5) is 0 Å². The normalized spacial score (nSPS) is 22.4. The first kappa shape index (κ1) is 32.5. The molecule has 2 aromatic carbocycles. The lowest BCUT2D eigenvalue weighted by Crippen LogP contribution is -2.55. The molecular formula is C34H46N4O5. The number of ketones is 1. The molecule has 4 rings (SSSR count). The molecule has 4 unspecified atom stereocenters. The molecular weight excluding hydrogens is 544 g/mol. The minimum Gasteiger partial charge on any atom is -0.365 e. The summed E-state index contributed by atoms with van der Waals surface area (Å²) in [5.41, 5.74) is 7.88. The van der Waals surface area contributed by atoms with Crippen molar-refractivity contribution in [3.63, 3.8) is 0 Å². The SMILES string of the molecule is CC1(C(CCC(=O)C2CO2)CCC(C=O)NC(=O)[C@H](Cc2ccccc2)NC(=O)[C@@H](N)Cc2ccccc2)CCCCN1. The zero-order chi connectivity index (χ0) is 30.7. The van der Waals surface area contributed by atoms with E-state index in [1.807, 2.05) is 60.7 Å². The molecule has 2 saturated heterocycles. The van der Waals surface area contributed by atoms with Gasteiger partial charge in [-0.3, -0.25) is 14.4 Å². The molecule has 0 saturated carbocycles. The Morgan fingerprint density at radius 1 is 0.953 bits per heavy atom. The molecule has 2 amide bonds. The van der Waals surface area contributed by atoms with E-state index in [2.05, 4.69) is 22.9 Å². The van der Waals surface area contributed by atoms with Crippen LogP contribution in [0.2, 0.25) is 0 Å². The number of ether oxygens (including phenoxy) is 1. The van der Waals surface area contributed by atoms with Crippen molar-refractivity contribution in [2.45, 2.75) is 94.5 Å². The van der Waals surface area contributed by atoms with Gasteiger partial charge in [0.1, 0.15) is 18.4 Å². The summed E-state index contributed by atoms with van der Waals surface area (Å²) in [6.45, 7) is 3.64. The topological polar surface area (TPSA) is 143 Å². The van der Waals surface area contributed by atoms with E-state index >= 15 is 0 Å². The van der Waals surface area contributed by atoms with Gasteiger partial charge in [0.2, 0.25) is 11.8 Å². The number of epoxide rings is 1. The first-order valence-corrected chi connectivity index (χ1v) is 15.6. The minimum atomic E-state index is -0.899. The van der Waals surface area contributed by atoms with Crippen molar-refractivity contribution in [2.75, 3.05) is 13.2 Å². The Balaban J connectivity index is 1.39. The molecule has 9 heteroatoms. The lowest BCUT2D eigenvalue weighted by molar-refractivity contribution is -0.130. The molecule has 0 radical (unpaired) electrons. The van der Waals surface area contributed by atoms with Crippen LogP contribution in [0.1, 0.15) is 63.0 Å². The highest BCUT2D eigenvalue weighted by Gasteiger charge is 2.37. The summed E-state index contributed by atoms with van der Waals surface area (Å²) >= 11 is 0. The summed E-state index contributed by atoms with van der Waals surface area (Å²) in [7, 11) is 0. The number of aldehydes is 1. The summed E-state index contributed by atoms with van der Waals surface area (Å²) < 4.78 is 5.17. The summed E-state index contributed by atoms with van der Waals surface area (Å²) in [6.07, 6.45) is 6.59. The van der Waals surface area contributed by atoms with Crippen molar-refractivity contribution in [1.29, 1.82) is 0 Å². The molecule has 43 heavy (non-hydrogen) atoms. The Morgan fingerprint density at radius 2 is 1.60 bits per heavy atom. The van der Waals surface area contributed by atoms with Gasteiger partial charge in [-0.2, -0.15) is 0 Å². The molecule has 0 aromatic heterocycles. The van der Waals surface area contributed by atoms with Crippen LogP contribution in [0.25, 0.3) is 0 Å². The maximum Gasteiger partial charge on any atom is 0.243 e. The second-order valence-electron chi connectivity index (χ2n) is 12.2. The van der Waals surface area contributed by atoms with Crippen molar-refractivity contribution in [3.8, 4) is 0 Å². The van der Waals surface area contributed by atoms with Crippen LogP contribution in [0.3, 0.4) is 0 Å². The molecule has 0 bridgehead atoms. The smallest absolute Gasteiger partial charge is 0.243 e. The van der Waals surface area contributed by atoms with Gasteiger partial charge in [-0.1, -0.05) is 67.1 Å². The predicted molar refractivity (Wildman–Crippen MR) is 165 cm³/mol. The quantitative estimate of drug-likeness (QED) is 0.164. The summed E-state index contributed by atoms with van der Waals surface area (Å²) in [6, 6.07) is 16.5. The van der Waals surface area contributed by atoms with E-state index in [-0.39, 0.29) is 29.8 Å². The number of carbonyl (C=O) groups excluding carboxylic acids is 4. The zero-order valence-electron chi connectivity index (χ0n) is 25.1. The highest BCUT2D eigenvalue weighted by molar-refractivity contribution is 5.91. The fourth-order valence-corrected chi connectivity index (χ4v) is 6.06. The number of hydrogen-bond donors (Lipinski definition) is 4. The molecule has 2 aromatic rings. The number of benzene rings is 2. The van der Waals surface area contributed by atoms with Crippen LogP contribution in [-0.2, 0) is 36.8 Å². The van der Waals surface area contributed by atoms with Crippen LogP contribution in [-0.4, -0.2) is 66.8 Å². The average molecular weight is 591 g/mol. The fourth-order valence-electron chi connectivity index (χ4n) is 6.06. The molecule has 2 heterocycles. The van der Waals surface area contributed by atoms with Crippen molar-refractivity contribution in [2.24, 2.45) is 11.7 Å². The second-order valence-corrected chi connectivity index (χ2v) is 12.2. The second kappa shape index (κ2) is 15.9. The lowest BCUT2D eigenvalue weighted by Gasteiger charge is -2.42. The Labute approximate surface area is 254 Å². The van der Waals surface area contributed by atoms with Crippen LogP contribution >= 0.6 is 0 Å². The van der Waals surface area contributed by atoms with Crippen LogP contribution in [0.5, 0.6) is 0 Å².